The SMILES string of the molecule is Cc1cc(N2CCC(Nc3nccc(N(C)C)n3)C2=O)ccc1Br. The first kappa shape index (κ1) is 16.7. The topological polar surface area (TPSA) is 61.4 Å². The van der Waals surface area contributed by atoms with E-state index < -0.39 is 0 Å². The fraction of sp³-hybridized carbons (Fsp3) is 0.353. The molecule has 7 heteroatoms. The molecule has 1 unspecified atom stereocenters. The average molecular weight is 390 g/mol. The number of aryl methyl sites for hydroxylation is 1. The number of carbonyl (C=O) groups is 1. The van der Waals surface area contributed by atoms with Crippen LogP contribution in [0.1, 0.15) is 12.0 Å². The molecular weight excluding hydrogens is 370 g/mol. The molecule has 2 aromatic rings. The van der Waals surface area contributed by atoms with Crippen molar-refractivity contribution in [3.8, 4) is 0 Å². The monoisotopic (exact) mass is 389 g/mol. The number of rotatable bonds is 4. The highest BCUT2D eigenvalue weighted by Gasteiger charge is 2.33. The van der Waals surface area contributed by atoms with Gasteiger partial charge in [-0.1, -0.05) is 15.9 Å². The van der Waals surface area contributed by atoms with Crippen molar-refractivity contribution in [3.63, 3.8) is 0 Å². The molecule has 24 heavy (non-hydrogen) atoms. The van der Waals surface area contributed by atoms with E-state index in [9.17, 15) is 4.79 Å². The smallest absolute Gasteiger partial charge is 0.249 e. The van der Waals surface area contributed by atoms with Crippen molar-refractivity contribution < 1.29 is 4.79 Å². The number of aromatic nitrogens is 2. The van der Waals surface area contributed by atoms with E-state index in [4.69, 9.17) is 0 Å². The predicted octanol–water partition coefficient (Wildman–Crippen LogP) is 2.83. The first-order chi connectivity index (χ1) is 11.5. The molecule has 6 nitrogen and oxygen atoms in total. The van der Waals surface area contributed by atoms with Gasteiger partial charge in [-0.3, -0.25) is 4.79 Å². The van der Waals surface area contributed by atoms with E-state index in [0.717, 1.165) is 28.0 Å². The van der Waals surface area contributed by atoms with Gasteiger partial charge in [-0.05, 0) is 43.2 Å². The third-order valence-corrected chi connectivity index (χ3v) is 4.95. The maximum Gasteiger partial charge on any atom is 0.249 e. The van der Waals surface area contributed by atoms with Gasteiger partial charge in [-0.15, -0.1) is 0 Å². The molecule has 1 atom stereocenters. The lowest BCUT2D eigenvalue weighted by atomic mass is 10.2. The number of carbonyl (C=O) groups excluding carboxylic acids is 1. The number of hydrogen-bond acceptors (Lipinski definition) is 5. The van der Waals surface area contributed by atoms with E-state index in [1.165, 1.54) is 0 Å². The molecule has 1 amide bonds. The molecule has 126 valence electrons. The Hall–Kier alpha value is -2.15. The average Bonchev–Trinajstić information content (AvgIpc) is 2.91. The molecule has 1 saturated heterocycles. The Kier molecular flexibility index (Phi) is 4.71. The Labute approximate surface area is 150 Å². The third kappa shape index (κ3) is 3.36. The van der Waals surface area contributed by atoms with Gasteiger partial charge in [0.05, 0.1) is 0 Å². The fourth-order valence-corrected chi connectivity index (χ4v) is 2.94. The molecule has 1 aliphatic rings. The highest BCUT2D eigenvalue weighted by atomic mass is 79.9. The minimum atomic E-state index is -0.300. The molecule has 2 heterocycles. The summed E-state index contributed by atoms with van der Waals surface area (Å²) < 4.78 is 1.04. The Morgan fingerprint density at radius 2 is 2.12 bits per heavy atom. The van der Waals surface area contributed by atoms with Gasteiger partial charge in [0.2, 0.25) is 11.9 Å². The van der Waals surface area contributed by atoms with Gasteiger partial charge in [0, 0.05) is 37.0 Å². The Bertz CT molecular complexity index is 764. The van der Waals surface area contributed by atoms with E-state index in [2.05, 4.69) is 31.2 Å². The van der Waals surface area contributed by atoms with E-state index in [1.807, 2.05) is 55.1 Å². The zero-order valence-electron chi connectivity index (χ0n) is 14.0. The van der Waals surface area contributed by atoms with Crippen LogP contribution >= 0.6 is 15.9 Å². The quantitative estimate of drug-likeness (QED) is 0.870. The standard InChI is InChI=1S/C17H20BrN5O/c1-11-10-12(4-5-13(11)18)23-9-7-14(16(23)24)20-17-19-8-6-15(21-17)22(2)3/h4-6,8,10,14H,7,9H2,1-3H3,(H,19,20,21). The molecular formula is C17H20BrN5O. The lowest BCUT2D eigenvalue weighted by Gasteiger charge is -2.18. The van der Waals surface area contributed by atoms with E-state index in [1.54, 1.807) is 6.20 Å². The van der Waals surface area contributed by atoms with Gasteiger partial charge in [0.25, 0.3) is 0 Å². The molecule has 1 N–H and O–H groups in total. The van der Waals surface area contributed by atoms with Gasteiger partial charge < -0.3 is 15.1 Å². The summed E-state index contributed by atoms with van der Waals surface area (Å²) in [7, 11) is 3.84. The Balaban J connectivity index is 1.74. The second-order valence-electron chi connectivity index (χ2n) is 6.04. The van der Waals surface area contributed by atoms with Crippen molar-refractivity contribution in [2.75, 3.05) is 35.8 Å². The molecule has 0 bridgehead atoms. The molecule has 3 rings (SSSR count). The summed E-state index contributed by atoms with van der Waals surface area (Å²) >= 11 is 3.49. The van der Waals surface area contributed by atoms with Gasteiger partial charge in [-0.2, -0.15) is 4.98 Å². The highest BCUT2D eigenvalue weighted by molar-refractivity contribution is 9.10. The van der Waals surface area contributed by atoms with Crippen molar-refractivity contribution in [1.29, 1.82) is 0 Å². The van der Waals surface area contributed by atoms with E-state index >= 15 is 0 Å². The number of hydrogen-bond donors (Lipinski definition) is 1. The lowest BCUT2D eigenvalue weighted by Crippen LogP contribution is -2.34. The van der Waals surface area contributed by atoms with Crippen molar-refractivity contribution in [3.05, 3.63) is 40.5 Å². The first-order valence-corrected chi connectivity index (χ1v) is 8.59. The summed E-state index contributed by atoms with van der Waals surface area (Å²) in [5, 5.41) is 3.16. The molecule has 0 saturated carbocycles. The fourth-order valence-electron chi connectivity index (χ4n) is 2.69. The molecule has 0 aliphatic carbocycles. The van der Waals surface area contributed by atoms with Crippen molar-refractivity contribution in [2.24, 2.45) is 0 Å². The van der Waals surface area contributed by atoms with Crippen LogP contribution in [0.5, 0.6) is 0 Å². The number of nitrogens with zero attached hydrogens (tertiary/aromatic N) is 4. The summed E-state index contributed by atoms with van der Waals surface area (Å²) in [6, 6.07) is 7.49. The van der Waals surface area contributed by atoms with Crippen LogP contribution in [0, 0.1) is 6.92 Å². The number of halogens is 1. The summed E-state index contributed by atoms with van der Waals surface area (Å²) in [6.45, 7) is 2.70. The summed E-state index contributed by atoms with van der Waals surface area (Å²) in [5.41, 5.74) is 2.03. The van der Waals surface area contributed by atoms with Crippen LogP contribution in [0.2, 0.25) is 0 Å². The molecule has 1 fully saturated rings. The number of amides is 1. The molecule has 1 aliphatic heterocycles. The van der Waals surface area contributed by atoms with Crippen LogP contribution in [0.4, 0.5) is 17.5 Å². The Morgan fingerprint density at radius 1 is 1.33 bits per heavy atom. The Morgan fingerprint density at radius 3 is 2.83 bits per heavy atom. The summed E-state index contributed by atoms with van der Waals surface area (Å²) in [4.78, 5) is 25.1. The number of anilines is 3. The summed E-state index contributed by atoms with van der Waals surface area (Å²) in [6.07, 6.45) is 2.42. The maximum atomic E-state index is 12.7. The molecule has 0 spiro atoms. The second-order valence-corrected chi connectivity index (χ2v) is 6.90. The minimum Gasteiger partial charge on any atom is -0.363 e. The molecule has 1 aromatic carbocycles. The maximum absolute atomic E-state index is 12.7. The van der Waals surface area contributed by atoms with Gasteiger partial charge in [-0.25, -0.2) is 4.98 Å². The van der Waals surface area contributed by atoms with Crippen LogP contribution in [0.25, 0.3) is 0 Å². The van der Waals surface area contributed by atoms with Crippen LogP contribution in [-0.4, -0.2) is 42.6 Å². The minimum absolute atomic E-state index is 0.0515. The largest absolute Gasteiger partial charge is 0.363 e. The van der Waals surface area contributed by atoms with Gasteiger partial charge in [0.15, 0.2) is 0 Å². The zero-order chi connectivity index (χ0) is 17.3. The van der Waals surface area contributed by atoms with Crippen LogP contribution in [0.15, 0.2) is 34.9 Å². The van der Waals surface area contributed by atoms with Crippen molar-refractivity contribution in [2.45, 2.75) is 19.4 Å². The van der Waals surface area contributed by atoms with Crippen molar-refractivity contribution in [1.82, 2.24) is 9.97 Å². The van der Waals surface area contributed by atoms with Gasteiger partial charge in [0.1, 0.15) is 11.9 Å². The zero-order valence-corrected chi connectivity index (χ0v) is 15.5. The third-order valence-electron chi connectivity index (χ3n) is 4.06. The normalized spacial score (nSPS) is 17.2. The molecule has 1 aromatic heterocycles. The van der Waals surface area contributed by atoms with E-state index in [-0.39, 0.29) is 11.9 Å². The van der Waals surface area contributed by atoms with Crippen LogP contribution in [0.3, 0.4) is 0 Å². The lowest BCUT2D eigenvalue weighted by molar-refractivity contribution is -0.117. The van der Waals surface area contributed by atoms with Gasteiger partial charge >= 0.3 is 0 Å². The second kappa shape index (κ2) is 6.76. The summed E-state index contributed by atoms with van der Waals surface area (Å²) in [5.74, 6) is 1.34. The van der Waals surface area contributed by atoms with Crippen molar-refractivity contribution >= 4 is 39.3 Å². The number of benzene rings is 1. The van der Waals surface area contributed by atoms with Crippen LogP contribution < -0.4 is 15.1 Å². The van der Waals surface area contributed by atoms with Crippen LogP contribution in [-0.2, 0) is 4.79 Å². The highest BCUT2D eigenvalue weighted by Crippen LogP contribution is 2.27. The predicted molar refractivity (Wildman–Crippen MR) is 99.6 cm³/mol. The molecule has 0 radical (unpaired) electrons. The van der Waals surface area contributed by atoms with E-state index in [0.29, 0.717) is 12.5 Å². The number of nitrogens with one attached hydrogen (secondary N) is 1. The first-order valence-electron chi connectivity index (χ1n) is 7.80.